The summed E-state index contributed by atoms with van der Waals surface area (Å²) in [6, 6.07) is 5.67. The fourth-order valence-electron chi connectivity index (χ4n) is 3.12. The molecule has 4 rings (SSSR count). The number of rotatable bonds is 9. The van der Waals surface area contributed by atoms with Gasteiger partial charge in [-0.3, -0.25) is 4.79 Å². The second-order valence-corrected chi connectivity index (χ2v) is 8.07. The molecule has 1 fully saturated rings. The van der Waals surface area contributed by atoms with Gasteiger partial charge in [-0.05, 0) is 24.6 Å². The van der Waals surface area contributed by atoms with Gasteiger partial charge in [-0.1, -0.05) is 6.92 Å². The van der Waals surface area contributed by atoms with Crippen molar-refractivity contribution in [2.75, 3.05) is 19.8 Å². The van der Waals surface area contributed by atoms with E-state index in [9.17, 15) is 18.0 Å². The number of oxazole rings is 1. The first-order valence-corrected chi connectivity index (χ1v) is 10.1. The van der Waals surface area contributed by atoms with Crippen molar-refractivity contribution in [2.24, 2.45) is 5.41 Å². The number of hydrogen-bond acceptors (Lipinski definition) is 6. The van der Waals surface area contributed by atoms with Crippen LogP contribution in [0.4, 0.5) is 13.2 Å². The maximum Gasteiger partial charge on any atom is 0.257 e. The van der Waals surface area contributed by atoms with Gasteiger partial charge >= 0.3 is 0 Å². The van der Waals surface area contributed by atoms with Gasteiger partial charge < -0.3 is 19.2 Å². The molecule has 0 bridgehead atoms. The van der Waals surface area contributed by atoms with E-state index in [-0.39, 0.29) is 30.6 Å². The first-order chi connectivity index (χ1) is 15.2. The second kappa shape index (κ2) is 8.33. The highest BCUT2D eigenvalue weighted by Crippen LogP contribution is 2.60. The minimum absolute atomic E-state index is 0.103. The summed E-state index contributed by atoms with van der Waals surface area (Å²) < 4.78 is 57.6. The molecule has 2 heterocycles. The van der Waals surface area contributed by atoms with Crippen molar-refractivity contribution in [3.63, 3.8) is 0 Å². The van der Waals surface area contributed by atoms with Crippen LogP contribution in [0.15, 0.2) is 34.9 Å². The summed E-state index contributed by atoms with van der Waals surface area (Å²) in [6.07, 6.45) is 1.83. The van der Waals surface area contributed by atoms with Gasteiger partial charge in [0.25, 0.3) is 5.92 Å². The van der Waals surface area contributed by atoms with Crippen LogP contribution in [0, 0.1) is 11.2 Å². The number of benzene rings is 1. The molecule has 2 aromatic heterocycles. The highest BCUT2D eigenvalue weighted by molar-refractivity contribution is 5.76. The molecule has 1 aromatic carbocycles. The molecular weight excluding hydrogens is 427 g/mol. The van der Waals surface area contributed by atoms with Crippen molar-refractivity contribution in [1.29, 1.82) is 0 Å². The average molecular weight is 449 g/mol. The van der Waals surface area contributed by atoms with Gasteiger partial charge in [-0.25, -0.2) is 23.1 Å². The van der Waals surface area contributed by atoms with Crippen LogP contribution in [-0.2, 0) is 4.79 Å². The molecule has 1 saturated carbocycles. The lowest BCUT2D eigenvalue weighted by Gasteiger charge is -2.13. The van der Waals surface area contributed by atoms with E-state index >= 15 is 0 Å². The zero-order valence-electron chi connectivity index (χ0n) is 17.6. The fraction of sp³-hybridized carbons (Fsp3) is 0.409. The molecular formula is C22H22F3N3O4. The Balaban J connectivity index is 1.40. The number of amides is 1. The smallest absolute Gasteiger partial charge is 0.257 e. The number of carbonyl (C=O) groups is 1. The highest BCUT2D eigenvalue weighted by Gasteiger charge is 2.68. The van der Waals surface area contributed by atoms with Crippen molar-refractivity contribution in [3.8, 4) is 23.1 Å². The van der Waals surface area contributed by atoms with Crippen LogP contribution >= 0.6 is 0 Å². The molecule has 0 aliphatic heterocycles. The number of nitrogens with zero attached hydrogens (tertiary/aromatic N) is 2. The Bertz CT molecular complexity index is 1150. The SMILES string of the molecule is CC(=O)NCCCOc1cc2oc(-c3ccc(OCC4(C)CC4(F)F)c(F)c3)nc2cn1. The maximum atomic E-state index is 14.5. The molecule has 10 heteroatoms. The first kappa shape index (κ1) is 21.9. The summed E-state index contributed by atoms with van der Waals surface area (Å²) >= 11 is 0. The van der Waals surface area contributed by atoms with E-state index in [0.717, 1.165) is 0 Å². The van der Waals surface area contributed by atoms with Gasteiger partial charge in [0, 0.05) is 31.5 Å². The monoisotopic (exact) mass is 449 g/mol. The lowest BCUT2D eigenvalue weighted by Crippen LogP contribution is -2.22. The number of pyridine rings is 1. The van der Waals surface area contributed by atoms with Gasteiger partial charge in [-0.2, -0.15) is 0 Å². The average Bonchev–Trinajstić information content (AvgIpc) is 3.05. The summed E-state index contributed by atoms with van der Waals surface area (Å²) in [5.41, 5.74) is -0.00624. The third-order valence-corrected chi connectivity index (χ3v) is 5.29. The molecule has 1 N–H and O–H groups in total. The number of halogens is 3. The summed E-state index contributed by atoms with van der Waals surface area (Å²) in [5, 5.41) is 2.67. The van der Waals surface area contributed by atoms with Crippen molar-refractivity contribution >= 4 is 17.0 Å². The lowest BCUT2D eigenvalue weighted by atomic mass is 10.1. The van der Waals surface area contributed by atoms with E-state index in [2.05, 4.69) is 15.3 Å². The minimum atomic E-state index is -2.77. The van der Waals surface area contributed by atoms with E-state index in [4.69, 9.17) is 13.9 Å². The van der Waals surface area contributed by atoms with Crippen LogP contribution in [0.3, 0.4) is 0 Å². The molecule has 32 heavy (non-hydrogen) atoms. The summed E-state index contributed by atoms with van der Waals surface area (Å²) in [6.45, 7) is 3.44. The zero-order valence-corrected chi connectivity index (χ0v) is 17.6. The van der Waals surface area contributed by atoms with E-state index < -0.39 is 17.2 Å². The van der Waals surface area contributed by atoms with Gasteiger partial charge in [0.15, 0.2) is 17.1 Å². The summed E-state index contributed by atoms with van der Waals surface area (Å²) in [7, 11) is 0. The molecule has 170 valence electrons. The first-order valence-electron chi connectivity index (χ1n) is 10.1. The van der Waals surface area contributed by atoms with Crippen molar-refractivity contribution in [1.82, 2.24) is 15.3 Å². The number of aromatic nitrogens is 2. The highest BCUT2D eigenvalue weighted by atomic mass is 19.3. The Morgan fingerprint density at radius 2 is 2.06 bits per heavy atom. The van der Waals surface area contributed by atoms with Crippen LogP contribution in [0.25, 0.3) is 22.6 Å². The fourth-order valence-corrected chi connectivity index (χ4v) is 3.12. The van der Waals surface area contributed by atoms with Gasteiger partial charge in [0.05, 0.1) is 24.8 Å². The van der Waals surface area contributed by atoms with E-state index in [1.807, 2.05) is 0 Å². The maximum absolute atomic E-state index is 14.5. The molecule has 0 spiro atoms. The summed E-state index contributed by atoms with van der Waals surface area (Å²) in [5.74, 6) is -3.17. The number of carbonyl (C=O) groups excluding carboxylic acids is 1. The van der Waals surface area contributed by atoms with E-state index in [1.165, 1.54) is 32.2 Å². The number of hydrogen-bond donors (Lipinski definition) is 1. The van der Waals surface area contributed by atoms with Crippen molar-refractivity contribution < 1.29 is 31.9 Å². The number of ether oxygens (including phenoxy) is 2. The van der Waals surface area contributed by atoms with Gasteiger partial charge in [0.1, 0.15) is 5.52 Å². The lowest BCUT2D eigenvalue weighted by molar-refractivity contribution is -0.118. The van der Waals surface area contributed by atoms with Crippen molar-refractivity contribution in [3.05, 3.63) is 36.3 Å². The van der Waals surface area contributed by atoms with E-state index in [0.29, 0.717) is 42.1 Å². The largest absolute Gasteiger partial charge is 0.490 e. The molecule has 1 unspecified atom stereocenters. The molecule has 7 nitrogen and oxygen atoms in total. The molecule has 3 aromatic rings. The number of fused-ring (bicyclic) bond motifs is 1. The Kier molecular flexibility index (Phi) is 5.70. The Morgan fingerprint density at radius 1 is 1.28 bits per heavy atom. The van der Waals surface area contributed by atoms with Gasteiger partial charge in [-0.15, -0.1) is 0 Å². The van der Waals surface area contributed by atoms with Crippen LogP contribution in [0.1, 0.15) is 26.7 Å². The number of alkyl halides is 2. The molecule has 1 amide bonds. The van der Waals surface area contributed by atoms with Crippen LogP contribution in [-0.4, -0.2) is 41.6 Å². The van der Waals surface area contributed by atoms with Crippen LogP contribution < -0.4 is 14.8 Å². The quantitative estimate of drug-likeness (QED) is 0.489. The third kappa shape index (κ3) is 4.63. The predicted octanol–water partition coefficient (Wildman–Crippen LogP) is 4.36. The number of nitrogens with one attached hydrogen (secondary N) is 1. The molecule has 0 saturated heterocycles. The normalized spacial score (nSPS) is 19.0. The van der Waals surface area contributed by atoms with E-state index in [1.54, 1.807) is 12.1 Å². The Labute approximate surface area is 181 Å². The van der Waals surface area contributed by atoms with Gasteiger partial charge in [0.2, 0.25) is 17.7 Å². The topological polar surface area (TPSA) is 86.5 Å². The Hall–Kier alpha value is -3.30. The summed E-state index contributed by atoms with van der Waals surface area (Å²) in [4.78, 5) is 19.3. The zero-order chi connectivity index (χ0) is 22.9. The third-order valence-electron chi connectivity index (χ3n) is 5.29. The standard InChI is InChI=1S/C22H22F3N3O4/c1-13(29)26-6-3-7-30-19-9-18-16(10-27-19)28-20(32-18)14-4-5-17(15(23)8-14)31-12-21(2)11-22(21,24)25/h4-5,8-10H,3,6-7,11-12H2,1-2H3,(H,26,29). The Morgan fingerprint density at radius 3 is 2.75 bits per heavy atom. The predicted molar refractivity (Wildman–Crippen MR) is 109 cm³/mol. The molecule has 0 radical (unpaired) electrons. The minimum Gasteiger partial charge on any atom is -0.490 e. The molecule has 1 aliphatic rings. The van der Waals surface area contributed by atoms with Crippen molar-refractivity contribution in [2.45, 2.75) is 32.6 Å². The second-order valence-electron chi connectivity index (χ2n) is 8.07. The molecule has 1 aliphatic carbocycles. The van der Waals surface area contributed by atoms with Crippen LogP contribution in [0.5, 0.6) is 11.6 Å². The van der Waals surface area contributed by atoms with Crippen LogP contribution in [0.2, 0.25) is 0 Å². The molecule has 1 atom stereocenters.